The summed E-state index contributed by atoms with van der Waals surface area (Å²) in [4.78, 5) is 13.2. The number of hydrogen-bond acceptors (Lipinski definition) is 3. The van der Waals surface area contributed by atoms with Crippen LogP contribution < -0.4 is 0 Å². The molecule has 3 aromatic heterocycles. The summed E-state index contributed by atoms with van der Waals surface area (Å²) in [7, 11) is 0. The molecule has 3 aromatic carbocycles. The fourth-order valence-electron chi connectivity index (χ4n) is 4.62. The van der Waals surface area contributed by atoms with Gasteiger partial charge < -0.3 is 4.98 Å². The van der Waals surface area contributed by atoms with Crippen LogP contribution in [0.1, 0.15) is 54.0 Å². The standard InChI is InChI=1S/C21H21N2.C20H18N.Ir/c1-21(2,3)13-16-9-11-20(22-14-16)18-10-12-19(23-15-18)17-7-5-4-6-8-17;1-14-9-10-20(21-13-14)19-12-18(15(2)11-16(19)3)17-7-5-4-6-8-17;/h4-7,9-12,14-15H,13H2,1-3H3;4-13H,3H2,1-2H3;/q2*-1;/i13D2;1D3,2D3;. The van der Waals surface area contributed by atoms with E-state index in [0.29, 0.717) is 27.9 Å². The Morgan fingerprint density at radius 1 is 0.711 bits per heavy atom. The minimum Gasteiger partial charge on any atom is -0.304 e. The zero-order valence-corrected chi connectivity index (χ0v) is 27.8. The van der Waals surface area contributed by atoms with E-state index in [-0.39, 0.29) is 31.2 Å². The van der Waals surface area contributed by atoms with E-state index in [1.165, 1.54) is 12.3 Å². The fraction of sp³-hybridized carbons (Fsp3) is 0.171. The third-order valence-electron chi connectivity index (χ3n) is 6.69. The molecule has 229 valence electrons. The summed E-state index contributed by atoms with van der Waals surface area (Å²) in [5, 5.41) is 0. The summed E-state index contributed by atoms with van der Waals surface area (Å²) < 4.78 is 62.6. The van der Waals surface area contributed by atoms with Crippen LogP contribution in [0.15, 0.2) is 122 Å². The van der Waals surface area contributed by atoms with Crippen molar-refractivity contribution in [2.24, 2.45) is 5.41 Å². The Balaban J connectivity index is 0.000000233. The van der Waals surface area contributed by atoms with Crippen LogP contribution in [-0.2, 0) is 26.5 Å². The fourth-order valence-corrected chi connectivity index (χ4v) is 4.62. The van der Waals surface area contributed by atoms with Crippen LogP contribution in [0, 0.1) is 32.1 Å². The van der Waals surface area contributed by atoms with Gasteiger partial charge in [-0.15, -0.1) is 47.5 Å². The molecule has 0 fully saturated rings. The summed E-state index contributed by atoms with van der Waals surface area (Å²) >= 11 is 0. The molecule has 4 heteroatoms. The first kappa shape index (κ1) is 23.9. The molecule has 0 aliphatic carbocycles. The van der Waals surface area contributed by atoms with Crippen LogP contribution in [0.5, 0.6) is 0 Å². The van der Waals surface area contributed by atoms with Crippen molar-refractivity contribution in [3.63, 3.8) is 0 Å². The number of aromatic nitrogens is 3. The molecule has 0 amide bonds. The molecule has 0 atom stereocenters. The number of aryl methyl sites for hydroxylation is 2. The van der Waals surface area contributed by atoms with E-state index in [1.54, 1.807) is 30.6 Å². The van der Waals surface area contributed by atoms with Gasteiger partial charge in [-0.2, -0.15) is 18.6 Å². The summed E-state index contributed by atoms with van der Waals surface area (Å²) in [5.41, 5.74) is 7.08. The second-order valence-corrected chi connectivity index (χ2v) is 11.4. The topological polar surface area (TPSA) is 38.7 Å². The average molecular weight is 774 g/mol. The zero-order chi connectivity index (χ0) is 37.9. The molecule has 3 nitrogen and oxygen atoms in total. The first-order valence-corrected chi connectivity index (χ1v) is 14.3. The summed E-state index contributed by atoms with van der Waals surface area (Å²) in [6, 6.07) is 34.2. The first-order valence-electron chi connectivity index (χ1n) is 18.3. The first-order chi connectivity index (χ1) is 24.4. The summed E-state index contributed by atoms with van der Waals surface area (Å²) in [5.74, 6) is 0. The van der Waals surface area contributed by atoms with Crippen LogP contribution in [0.2, 0.25) is 0 Å². The molecule has 3 heterocycles. The third-order valence-corrected chi connectivity index (χ3v) is 6.69. The van der Waals surface area contributed by atoms with E-state index in [0.717, 1.165) is 28.1 Å². The molecule has 6 rings (SSSR count). The Bertz CT molecular complexity index is 2090. The molecular weight excluding hydrogens is 727 g/mol. The van der Waals surface area contributed by atoms with E-state index >= 15 is 0 Å². The maximum Gasteiger partial charge on any atom is 0.0716 e. The smallest absolute Gasteiger partial charge is 0.0716 e. The Morgan fingerprint density at radius 2 is 1.44 bits per heavy atom. The van der Waals surface area contributed by atoms with Crippen molar-refractivity contribution < 1.29 is 31.1 Å². The van der Waals surface area contributed by atoms with Gasteiger partial charge in [0.1, 0.15) is 0 Å². The van der Waals surface area contributed by atoms with Gasteiger partial charge in [-0.25, -0.2) is 0 Å². The van der Waals surface area contributed by atoms with Crippen LogP contribution in [-0.4, -0.2) is 15.0 Å². The van der Waals surface area contributed by atoms with Crippen molar-refractivity contribution in [3.05, 3.63) is 157 Å². The number of benzene rings is 3. The van der Waals surface area contributed by atoms with E-state index in [9.17, 15) is 0 Å². The molecule has 0 N–H and O–H groups in total. The molecule has 0 aliphatic rings. The monoisotopic (exact) mass is 774 g/mol. The van der Waals surface area contributed by atoms with E-state index < -0.39 is 25.5 Å². The second kappa shape index (κ2) is 15.1. The molecular formula is C41H39IrN3-2. The SMILES string of the molecule is [2H]C([2H])([2H])c1ccc(-c2cc(-c3ccccc3)c(C([2H])([2H])[2H])cc2[CH2-])nc1.[2H]C([2H])(c1ccc(-c2ccc(-c3[c-]cccc3)nc2)nc1)C(C)(C)C.[Ir]. The van der Waals surface area contributed by atoms with Gasteiger partial charge in [0.05, 0.1) is 5.69 Å². The minimum absolute atomic E-state index is 0. The van der Waals surface area contributed by atoms with Gasteiger partial charge in [-0.05, 0) is 58.7 Å². The Kier molecular flexibility index (Phi) is 8.02. The van der Waals surface area contributed by atoms with Crippen molar-refractivity contribution >= 4 is 0 Å². The maximum absolute atomic E-state index is 8.33. The number of hydrogen-bond donors (Lipinski definition) is 0. The molecule has 1 radical (unpaired) electrons. The number of nitrogens with zero attached hydrogens (tertiary/aromatic N) is 3. The predicted molar refractivity (Wildman–Crippen MR) is 184 cm³/mol. The van der Waals surface area contributed by atoms with Gasteiger partial charge in [-0.3, -0.25) is 9.97 Å². The normalized spacial score (nSPS) is 14.3. The van der Waals surface area contributed by atoms with Crippen LogP contribution in [0.3, 0.4) is 0 Å². The Hall–Kier alpha value is -4.37. The van der Waals surface area contributed by atoms with E-state index in [1.807, 2.05) is 99.6 Å². The van der Waals surface area contributed by atoms with Gasteiger partial charge in [0.25, 0.3) is 0 Å². The largest absolute Gasteiger partial charge is 0.304 e. The van der Waals surface area contributed by atoms with Gasteiger partial charge in [0.15, 0.2) is 0 Å². The average Bonchev–Trinajstić information content (AvgIpc) is 3.11. The van der Waals surface area contributed by atoms with Crippen LogP contribution >= 0.6 is 0 Å². The molecule has 6 aromatic rings. The van der Waals surface area contributed by atoms with Gasteiger partial charge in [-0.1, -0.05) is 87.8 Å². The van der Waals surface area contributed by atoms with Crippen molar-refractivity contribution in [3.8, 4) is 44.9 Å². The molecule has 0 saturated heterocycles. The molecule has 0 aliphatic heterocycles. The molecule has 0 bridgehead atoms. The summed E-state index contributed by atoms with van der Waals surface area (Å²) in [6.45, 7) is 5.15. The van der Waals surface area contributed by atoms with Gasteiger partial charge in [0, 0.05) is 60.9 Å². The number of rotatable bonds is 5. The molecule has 0 spiro atoms. The zero-order valence-electron chi connectivity index (χ0n) is 33.4. The van der Waals surface area contributed by atoms with Gasteiger partial charge in [0.2, 0.25) is 0 Å². The quantitative estimate of drug-likeness (QED) is 0.164. The van der Waals surface area contributed by atoms with Crippen molar-refractivity contribution in [2.45, 2.75) is 40.8 Å². The van der Waals surface area contributed by atoms with Crippen molar-refractivity contribution in [1.29, 1.82) is 0 Å². The minimum atomic E-state index is -2.28. The molecule has 45 heavy (non-hydrogen) atoms. The summed E-state index contributed by atoms with van der Waals surface area (Å²) in [6.07, 6.45) is 3.29. The van der Waals surface area contributed by atoms with Crippen molar-refractivity contribution in [1.82, 2.24) is 15.0 Å². The predicted octanol–water partition coefficient (Wildman–Crippen LogP) is 10.4. The molecule has 0 saturated carbocycles. The Morgan fingerprint density at radius 3 is 2.04 bits per heavy atom. The van der Waals surface area contributed by atoms with Gasteiger partial charge >= 0.3 is 0 Å². The van der Waals surface area contributed by atoms with E-state index in [2.05, 4.69) is 27.9 Å². The molecule has 0 unspecified atom stereocenters. The Labute approximate surface area is 293 Å². The number of pyridine rings is 3. The second-order valence-electron chi connectivity index (χ2n) is 11.4. The maximum atomic E-state index is 8.33. The van der Waals surface area contributed by atoms with E-state index in [4.69, 9.17) is 11.0 Å². The van der Waals surface area contributed by atoms with Crippen molar-refractivity contribution in [2.75, 3.05) is 0 Å². The van der Waals surface area contributed by atoms with Crippen LogP contribution in [0.4, 0.5) is 0 Å². The van der Waals surface area contributed by atoms with Crippen LogP contribution in [0.25, 0.3) is 44.9 Å². The third kappa shape index (κ3) is 9.08.